The Labute approximate surface area is 158 Å². The molecule has 0 aliphatic heterocycles. The Bertz CT molecular complexity index is 865. The van der Waals surface area contributed by atoms with Crippen molar-refractivity contribution in [1.29, 1.82) is 0 Å². The van der Waals surface area contributed by atoms with Crippen LogP contribution in [0.2, 0.25) is 0 Å². The zero-order valence-corrected chi connectivity index (χ0v) is 16.0. The Kier molecular flexibility index (Phi) is 6.11. The molecule has 0 saturated heterocycles. The first kappa shape index (κ1) is 20.7. The molecule has 0 spiro atoms. The van der Waals surface area contributed by atoms with Crippen molar-refractivity contribution in [3.8, 4) is 0 Å². The monoisotopic (exact) mass is 373 g/mol. The van der Waals surface area contributed by atoms with E-state index in [0.29, 0.717) is 27.9 Å². The molecule has 27 heavy (non-hydrogen) atoms. The van der Waals surface area contributed by atoms with E-state index in [2.05, 4.69) is 5.32 Å². The predicted octanol–water partition coefficient (Wildman–Crippen LogP) is 2.78. The van der Waals surface area contributed by atoms with Gasteiger partial charge in [0.05, 0.1) is 0 Å². The van der Waals surface area contributed by atoms with E-state index in [1.54, 1.807) is 26.8 Å². The quantitative estimate of drug-likeness (QED) is 0.751. The van der Waals surface area contributed by atoms with Crippen molar-refractivity contribution in [2.75, 3.05) is 0 Å². The van der Waals surface area contributed by atoms with Gasteiger partial charge in [0.15, 0.2) is 11.6 Å². The normalized spacial score (nSPS) is 17.3. The maximum atomic E-state index is 13.2. The molecule has 2 rings (SSSR count). The largest absolute Gasteiger partial charge is 0.380 e. The number of benzene rings is 1. The minimum absolute atomic E-state index is 0.0139. The minimum atomic E-state index is -1.73. The highest BCUT2D eigenvalue weighted by molar-refractivity contribution is 6.24. The fourth-order valence-corrected chi connectivity index (χ4v) is 2.96. The molecule has 5 nitrogen and oxygen atoms in total. The van der Waals surface area contributed by atoms with Crippen molar-refractivity contribution in [2.45, 2.75) is 52.7 Å². The number of allylic oxidation sites excluding steroid dienone is 4. The van der Waals surface area contributed by atoms with Gasteiger partial charge in [-0.2, -0.15) is 0 Å². The lowest BCUT2D eigenvalue weighted by Gasteiger charge is -2.25. The van der Waals surface area contributed by atoms with E-state index >= 15 is 0 Å². The number of Topliss-reactive ketones (excluding diaryl/α,β-unsaturated/α-hetero) is 2. The van der Waals surface area contributed by atoms with E-state index in [1.807, 2.05) is 0 Å². The molecule has 1 aromatic carbocycles. The summed E-state index contributed by atoms with van der Waals surface area (Å²) < 4.78 is 13.2. The summed E-state index contributed by atoms with van der Waals surface area (Å²) in [5.74, 6) is -1.43. The summed E-state index contributed by atoms with van der Waals surface area (Å²) in [6.45, 7) is 6.24. The molecule has 0 radical (unpaired) electrons. The zero-order valence-electron chi connectivity index (χ0n) is 16.0. The molecule has 0 fully saturated rings. The Hall–Kier alpha value is -2.60. The second kappa shape index (κ2) is 7.96. The number of carbonyl (C=O) groups excluding carboxylic acids is 3. The number of ketones is 2. The highest BCUT2D eigenvalue weighted by atomic mass is 19.1. The summed E-state index contributed by atoms with van der Waals surface area (Å²) in [6.07, 6.45) is 0.0986. The van der Waals surface area contributed by atoms with Gasteiger partial charge < -0.3 is 10.4 Å². The summed E-state index contributed by atoms with van der Waals surface area (Å²) in [4.78, 5) is 36.9. The van der Waals surface area contributed by atoms with Crippen LogP contribution in [0.3, 0.4) is 0 Å². The number of carbonyl (C=O) groups is 3. The number of hydrogen-bond donors (Lipinski definition) is 2. The highest BCUT2D eigenvalue weighted by Crippen LogP contribution is 2.29. The maximum absolute atomic E-state index is 13.2. The zero-order chi connectivity index (χ0) is 20.4. The molecule has 1 aliphatic rings. The van der Waals surface area contributed by atoms with Crippen LogP contribution in [0.25, 0.3) is 0 Å². The van der Waals surface area contributed by atoms with Gasteiger partial charge in [-0.3, -0.25) is 14.4 Å². The third-order valence-electron chi connectivity index (χ3n) is 5.00. The fraction of sp³-hybridized carbons (Fsp3) is 0.381. The van der Waals surface area contributed by atoms with Crippen molar-refractivity contribution in [1.82, 2.24) is 5.32 Å². The third-order valence-corrected chi connectivity index (χ3v) is 5.00. The maximum Gasteiger partial charge on any atom is 0.251 e. The first-order valence-electron chi connectivity index (χ1n) is 8.76. The minimum Gasteiger partial charge on any atom is -0.380 e. The van der Waals surface area contributed by atoms with Gasteiger partial charge in [0.2, 0.25) is 0 Å². The molecule has 2 N–H and O–H groups in total. The van der Waals surface area contributed by atoms with Gasteiger partial charge in [-0.15, -0.1) is 0 Å². The summed E-state index contributed by atoms with van der Waals surface area (Å²) in [6, 6.07) is 5.80. The van der Waals surface area contributed by atoms with Crippen molar-refractivity contribution in [3.63, 3.8) is 0 Å². The van der Waals surface area contributed by atoms with Gasteiger partial charge in [-0.1, -0.05) is 12.1 Å². The number of amides is 1. The molecule has 0 saturated carbocycles. The van der Waals surface area contributed by atoms with Crippen molar-refractivity contribution >= 4 is 17.5 Å². The van der Waals surface area contributed by atoms with E-state index in [9.17, 15) is 23.9 Å². The number of nitrogens with one attached hydrogen (secondary N) is 1. The van der Waals surface area contributed by atoms with Crippen LogP contribution in [-0.2, 0) is 20.9 Å². The molecule has 0 bridgehead atoms. The first-order valence-corrected chi connectivity index (χ1v) is 8.76. The Balaban J connectivity index is 2.02. The Morgan fingerprint density at radius 1 is 1.11 bits per heavy atom. The molecule has 1 aromatic rings. The third kappa shape index (κ3) is 4.57. The molecule has 6 heteroatoms. The highest BCUT2D eigenvalue weighted by Gasteiger charge is 2.33. The van der Waals surface area contributed by atoms with Gasteiger partial charge in [0.25, 0.3) is 5.91 Å². The van der Waals surface area contributed by atoms with E-state index in [4.69, 9.17) is 0 Å². The van der Waals surface area contributed by atoms with Crippen molar-refractivity contribution < 1.29 is 23.9 Å². The van der Waals surface area contributed by atoms with E-state index < -0.39 is 17.3 Å². The topological polar surface area (TPSA) is 83.5 Å². The predicted molar refractivity (Wildman–Crippen MR) is 99.2 cm³/mol. The summed E-state index contributed by atoms with van der Waals surface area (Å²) in [7, 11) is 0. The number of halogens is 1. The number of hydrogen-bond acceptors (Lipinski definition) is 4. The Morgan fingerprint density at radius 2 is 1.74 bits per heavy atom. The van der Waals surface area contributed by atoms with Crippen LogP contribution in [0.1, 0.15) is 46.1 Å². The summed E-state index contributed by atoms with van der Waals surface area (Å²) in [5, 5.41) is 13.1. The van der Waals surface area contributed by atoms with Crippen LogP contribution in [-0.4, -0.2) is 28.2 Å². The smallest absolute Gasteiger partial charge is 0.251 e. The summed E-state index contributed by atoms with van der Waals surface area (Å²) >= 11 is 0. The second-order valence-corrected chi connectivity index (χ2v) is 7.10. The standard InChI is InChI=1S/C21H24FNO4/c1-12-13(2)19(25)17(14(3)18(12)24)8-9-21(4,27)20(26)23-11-15-6-5-7-16(22)10-15/h5-7,10,27H,8-9,11H2,1-4H3,(H,23,26). The van der Waals surface area contributed by atoms with E-state index in [-0.39, 0.29) is 31.0 Å². The van der Waals surface area contributed by atoms with Crippen LogP contribution in [0, 0.1) is 5.82 Å². The molecule has 0 heterocycles. The number of aliphatic hydroxyl groups is 1. The van der Waals surface area contributed by atoms with Crippen LogP contribution in [0.15, 0.2) is 46.6 Å². The van der Waals surface area contributed by atoms with E-state index in [1.165, 1.54) is 25.1 Å². The van der Waals surface area contributed by atoms with Gasteiger partial charge in [0.1, 0.15) is 11.4 Å². The lowest BCUT2D eigenvalue weighted by atomic mass is 9.82. The van der Waals surface area contributed by atoms with Gasteiger partial charge in [-0.25, -0.2) is 4.39 Å². The van der Waals surface area contributed by atoms with Crippen molar-refractivity contribution in [2.24, 2.45) is 0 Å². The fourth-order valence-electron chi connectivity index (χ4n) is 2.96. The lowest BCUT2D eigenvalue weighted by molar-refractivity contribution is -0.139. The average Bonchev–Trinajstić information content (AvgIpc) is 2.62. The Morgan fingerprint density at radius 3 is 2.37 bits per heavy atom. The van der Waals surface area contributed by atoms with E-state index in [0.717, 1.165) is 0 Å². The van der Waals surface area contributed by atoms with Gasteiger partial charge >= 0.3 is 0 Å². The molecular formula is C21H24FNO4. The van der Waals surface area contributed by atoms with Crippen LogP contribution >= 0.6 is 0 Å². The molecule has 1 amide bonds. The van der Waals surface area contributed by atoms with Crippen LogP contribution < -0.4 is 5.32 Å². The first-order chi connectivity index (χ1) is 12.5. The van der Waals surface area contributed by atoms with Crippen molar-refractivity contribution in [3.05, 3.63) is 57.9 Å². The molecule has 1 unspecified atom stereocenters. The SMILES string of the molecule is CC1=C(C)C(=O)C(CCC(C)(O)C(=O)NCc2cccc(F)c2)=C(C)C1=O. The van der Waals surface area contributed by atoms with Crippen LogP contribution in [0.5, 0.6) is 0 Å². The lowest BCUT2D eigenvalue weighted by Crippen LogP contribution is -2.44. The second-order valence-electron chi connectivity index (χ2n) is 7.10. The van der Waals surface area contributed by atoms with Gasteiger partial charge in [-0.05, 0) is 58.2 Å². The average molecular weight is 373 g/mol. The van der Waals surface area contributed by atoms with Crippen LogP contribution in [0.4, 0.5) is 4.39 Å². The molecule has 1 aliphatic carbocycles. The number of rotatable bonds is 6. The van der Waals surface area contributed by atoms with Gasteiger partial charge in [0, 0.05) is 28.8 Å². The molecule has 144 valence electrons. The summed E-state index contributed by atoms with van der Waals surface area (Å²) in [5.41, 5.74) is 0.368. The molecular weight excluding hydrogens is 349 g/mol. The molecule has 1 atom stereocenters. The molecule has 0 aromatic heterocycles.